The number of ketones is 1. The van der Waals surface area contributed by atoms with Gasteiger partial charge in [0.1, 0.15) is 5.75 Å². The number of halogens is 3. The molecule has 2 N–H and O–H groups in total. The highest BCUT2D eigenvalue weighted by Gasteiger charge is 2.40. The van der Waals surface area contributed by atoms with Crippen molar-refractivity contribution in [3.05, 3.63) is 23.3 Å². The molecule has 0 fully saturated rings. The van der Waals surface area contributed by atoms with Crippen molar-refractivity contribution >= 4 is 11.5 Å². The molecule has 17 heavy (non-hydrogen) atoms. The summed E-state index contributed by atoms with van der Waals surface area (Å²) in [5.74, 6) is -2.71. The fraction of sp³-hybridized carbons (Fsp3) is 0.364. The van der Waals surface area contributed by atoms with Gasteiger partial charge in [-0.15, -0.1) is 0 Å². The van der Waals surface area contributed by atoms with Gasteiger partial charge in [-0.25, -0.2) is 0 Å². The molecule has 0 bridgehead atoms. The summed E-state index contributed by atoms with van der Waals surface area (Å²) < 4.78 is 36.7. The molecular weight excluding hydrogens is 235 g/mol. The van der Waals surface area contributed by atoms with Gasteiger partial charge < -0.3 is 10.4 Å². The van der Waals surface area contributed by atoms with Crippen LogP contribution in [0, 0.1) is 6.92 Å². The maximum Gasteiger partial charge on any atom is 0.455 e. The normalized spacial score (nSPS) is 11.4. The second-order valence-corrected chi connectivity index (χ2v) is 3.54. The van der Waals surface area contributed by atoms with E-state index < -0.39 is 23.3 Å². The van der Waals surface area contributed by atoms with Gasteiger partial charge in [0.25, 0.3) is 5.78 Å². The molecular formula is C11H12F3NO2. The molecule has 6 heteroatoms. The van der Waals surface area contributed by atoms with Crippen LogP contribution < -0.4 is 5.32 Å². The van der Waals surface area contributed by atoms with E-state index in [4.69, 9.17) is 0 Å². The van der Waals surface area contributed by atoms with Crippen molar-refractivity contribution in [2.75, 3.05) is 11.9 Å². The van der Waals surface area contributed by atoms with Crippen LogP contribution in [0.4, 0.5) is 18.9 Å². The van der Waals surface area contributed by atoms with Crippen LogP contribution in [0.1, 0.15) is 22.8 Å². The van der Waals surface area contributed by atoms with Crippen LogP contribution in [0.5, 0.6) is 5.75 Å². The summed E-state index contributed by atoms with van der Waals surface area (Å²) in [5, 5.41) is 12.3. The largest absolute Gasteiger partial charge is 0.507 e. The lowest BCUT2D eigenvalue weighted by Gasteiger charge is -2.12. The third-order valence-electron chi connectivity index (χ3n) is 2.21. The summed E-state index contributed by atoms with van der Waals surface area (Å²) in [7, 11) is 0. The van der Waals surface area contributed by atoms with Crippen LogP contribution in [-0.4, -0.2) is 23.6 Å². The first kappa shape index (κ1) is 13.3. The first-order valence-corrected chi connectivity index (χ1v) is 4.96. The molecule has 3 nitrogen and oxygen atoms in total. The van der Waals surface area contributed by atoms with E-state index in [1.54, 1.807) is 6.92 Å². The molecule has 0 atom stereocenters. The standard InChI is InChI=1S/C11H12F3NO2/c1-3-15-8-5-9(16)7(4-6(8)2)10(17)11(12,13)14/h4-5,15-16H,3H2,1-2H3. The van der Waals surface area contributed by atoms with E-state index in [-0.39, 0.29) is 0 Å². The smallest absolute Gasteiger partial charge is 0.455 e. The van der Waals surface area contributed by atoms with Gasteiger partial charge in [0.15, 0.2) is 0 Å². The lowest BCUT2D eigenvalue weighted by atomic mass is 10.0. The number of nitrogens with one attached hydrogen (secondary N) is 1. The van der Waals surface area contributed by atoms with Crippen LogP contribution in [-0.2, 0) is 0 Å². The minimum atomic E-state index is -4.98. The number of hydrogen-bond donors (Lipinski definition) is 2. The second kappa shape index (κ2) is 4.65. The molecule has 0 unspecified atom stereocenters. The van der Waals surface area contributed by atoms with E-state index in [2.05, 4.69) is 5.32 Å². The molecule has 0 spiro atoms. The van der Waals surface area contributed by atoms with Gasteiger partial charge in [0.2, 0.25) is 0 Å². The zero-order valence-corrected chi connectivity index (χ0v) is 9.35. The highest BCUT2D eigenvalue weighted by atomic mass is 19.4. The molecule has 0 aliphatic rings. The summed E-state index contributed by atoms with van der Waals surface area (Å²) in [6.07, 6.45) is -4.98. The zero-order valence-electron chi connectivity index (χ0n) is 9.35. The van der Waals surface area contributed by atoms with Crippen LogP contribution in [0.3, 0.4) is 0 Å². The average Bonchev–Trinajstić information content (AvgIpc) is 2.21. The molecule has 0 aliphatic carbocycles. The number of aryl methyl sites for hydroxylation is 1. The van der Waals surface area contributed by atoms with E-state index in [1.165, 1.54) is 0 Å². The molecule has 94 valence electrons. The van der Waals surface area contributed by atoms with Gasteiger partial charge in [-0.1, -0.05) is 0 Å². The SMILES string of the molecule is CCNc1cc(O)c(C(=O)C(F)(F)F)cc1C. The number of carbonyl (C=O) groups excluding carboxylic acids is 1. The van der Waals surface area contributed by atoms with E-state index in [9.17, 15) is 23.1 Å². The van der Waals surface area contributed by atoms with E-state index >= 15 is 0 Å². The number of benzene rings is 1. The van der Waals surface area contributed by atoms with Gasteiger partial charge >= 0.3 is 6.18 Å². The summed E-state index contributed by atoms with van der Waals surface area (Å²) in [5.41, 5.74) is 0.248. The number of anilines is 1. The maximum absolute atomic E-state index is 12.2. The van der Waals surface area contributed by atoms with Gasteiger partial charge in [0.05, 0.1) is 5.56 Å². The van der Waals surface area contributed by atoms with Crippen LogP contribution in [0.25, 0.3) is 0 Å². The molecule has 0 aliphatic heterocycles. The Labute approximate surface area is 96.3 Å². The molecule has 0 amide bonds. The zero-order chi connectivity index (χ0) is 13.2. The van der Waals surface area contributed by atoms with E-state index in [0.29, 0.717) is 17.8 Å². The van der Waals surface area contributed by atoms with E-state index in [1.807, 2.05) is 6.92 Å². The summed E-state index contributed by atoms with van der Waals surface area (Å²) >= 11 is 0. The van der Waals surface area contributed by atoms with Crippen LogP contribution in [0.2, 0.25) is 0 Å². The molecule has 0 saturated carbocycles. The predicted molar refractivity (Wildman–Crippen MR) is 57.4 cm³/mol. The maximum atomic E-state index is 12.2. The monoisotopic (exact) mass is 247 g/mol. The van der Waals surface area contributed by atoms with Crippen molar-refractivity contribution < 1.29 is 23.1 Å². The first-order valence-electron chi connectivity index (χ1n) is 4.96. The third-order valence-corrected chi connectivity index (χ3v) is 2.21. The number of aromatic hydroxyl groups is 1. The van der Waals surface area contributed by atoms with Crippen molar-refractivity contribution in [2.45, 2.75) is 20.0 Å². The van der Waals surface area contributed by atoms with Gasteiger partial charge in [-0.2, -0.15) is 13.2 Å². The minimum absolute atomic E-state index is 0.470. The average molecular weight is 247 g/mol. The van der Waals surface area contributed by atoms with Crippen molar-refractivity contribution in [1.29, 1.82) is 0 Å². The number of hydrogen-bond acceptors (Lipinski definition) is 3. The van der Waals surface area contributed by atoms with Crippen molar-refractivity contribution in [3.8, 4) is 5.75 Å². The van der Waals surface area contributed by atoms with Crippen molar-refractivity contribution in [1.82, 2.24) is 0 Å². The molecule has 1 aromatic rings. The summed E-state index contributed by atoms with van der Waals surface area (Å²) in [6.45, 7) is 3.93. The Balaban J connectivity index is 3.20. The Kier molecular flexibility index (Phi) is 3.65. The third kappa shape index (κ3) is 2.89. The number of carbonyl (C=O) groups is 1. The predicted octanol–water partition coefficient (Wildman–Crippen LogP) is 2.88. The highest BCUT2D eigenvalue weighted by molar-refractivity contribution is 6.03. The Morgan fingerprint density at radius 3 is 2.47 bits per heavy atom. The van der Waals surface area contributed by atoms with Gasteiger partial charge in [0, 0.05) is 18.3 Å². The molecule has 0 aromatic heterocycles. The lowest BCUT2D eigenvalue weighted by Crippen LogP contribution is -2.23. The molecule has 0 radical (unpaired) electrons. The number of rotatable bonds is 3. The van der Waals surface area contributed by atoms with Crippen molar-refractivity contribution in [2.24, 2.45) is 0 Å². The fourth-order valence-electron chi connectivity index (χ4n) is 1.41. The number of alkyl halides is 3. The molecule has 0 saturated heterocycles. The molecule has 1 rings (SSSR count). The minimum Gasteiger partial charge on any atom is -0.507 e. The molecule has 0 heterocycles. The lowest BCUT2D eigenvalue weighted by molar-refractivity contribution is -0.0886. The Morgan fingerprint density at radius 1 is 1.41 bits per heavy atom. The summed E-state index contributed by atoms with van der Waals surface area (Å²) in [4.78, 5) is 11.0. The highest BCUT2D eigenvalue weighted by Crippen LogP contribution is 2.31. The number of Topliss-reactive ketones (excluding diaryl/α,β-unsaturated/α-hetero) is 1. The Hall–Kier alpha value is -1.72. The van der Waals surface area contributed by atoms with Crippen LogP contribution >= 0.6 is 0 Å². The van der Waals surface area contributed by atoms with Gasteiger partial charge in [-0.3, -0.25) is 4.79 Å². The Bertz CT molecular complexity index is 441. The quantitative estimate of drug-likeness (QED) is 0.807. The van der Waals surface area contributed by atoms with Crippen molar-refractivity contribution in [3.63, 3.8) is 0 Å². The fourth-order valence-corrected chi connectivity index (χ4v) is 1.41. The number of phenolic OH excluding ortho intramolecular Hbond substituents is 1. The van der Waals surface area contributed by atoms with E-state index in [0.717, 1.165) is 12.1 Å². The first-order chi connectivity index (χ1) is 7.77. The van der Waals surface area contributed by atoms with Gasteiger partial charge in [-0.05, 0) is 25.5 Å². The molecule has 1 aromatic carbocycles. The summed E-state index contributed by atoms with van der Waals surface area (Å²) in [6, 6.07) is 2.15. The Morgan fingerprint density at radius 2 is 2.00 bits per heavy atom. The van der Waals surface area contributed by atoms with Crippen LogP contribution in [0.15, 0.2) is 12.1 Å². The second-order valence-electron chi connectivity index (χ2n) is 3.54. The number of phenols is 1. The topological polar surface area (TPSA) is 49.3 Å².